The van der Waals surface area contributed by atoms with Gasteiger partial charge in [-0.15, -0.1) is 0 Å². The summed E-state index contributed by atoms with van der Waals surface area (Å²) in [4.78, 5) is 22.2. The second-order valence-electron chi connectivity index (χ2n) is 3.89. The van der Waals surface area contributed by atoms with E-state index < -0.39 is 31.1 Å². The maximum atomic E-state index is 11.9. The molecule has 0 bridgehead atoms. The van der Waals surface area contributed by atoms with Crippen LogP contribution >= 0.6 is 23.2 Å². The van der Waals surface area contributed by atoms with Crippen LogP contribution in [0.1, 0.15) is 10.4 Å². The van der Waals surface area contributed by atoms with Gasteiger partial charge in [0.25, 0.3) is 0 Å². The van der Waals surface area contributed by atoms with Crippen LogP contribution in [0.3, 0.4) is 0 Å². The first-order valence-electron chi connectivity index (χ1n) is 5.40. The van der Waals surface area contributed by atoms with Crippen LogP contribution in [0.2, 0.25) is 10.0 Å². The minimum absolute atomic E-state index is 0.0675. The van der Waals surface area contributed by atoms with Crippen molar-refractivity contribution < 1.29 is 27.9 Å². The van der Waals surface area contributed by atoms with Crippen molar-refractivity contribution in [3.05, 3.63) is 27.7 Å². The van der Waals surface area contributed by atoms with Crippen LogP contribution < -0.4 is 10.6 Å². The molecule has 0 saturated heterocycles. The lowest BCUT2D eigenvalue weighted by Crippen LogP contribution is -2.35. The lowest BCUT2D eigenvalue weighted by Gasteiger charge is -2.11. The number of halogens is 5. The van der Waals surface area contributed by atoms with Crippen LogP contribution in [0.25, 0.3) is 0 Å². The number of aromatic carboxylic acids is 1. The largest absolute Gasteiger partial charge is 0.478 e. The Labute approximate surface area is 127 Å². The zero-order valence-electron chi connectivity index (χ0n) is 10.2. The zero-order chi connectivity index (χ0) is 16.2. The molecule has 1 rings (SSSR count). The minimum atomic E-state index is -4.43. The zero-order valence-corrected chi connectivity index (χ0v) is 11.7. The summed E-state index contributed by atoms with van der Waals surface area (Å²) in [5.74, 6) is -2.06. The number of carboxylic acid groups (broad SMARTS) is 1. The molecule has 0 unspecified atom stereocenters. The van der Waals surface area contributed by atoms with Crippen molar-refractivity contribution in [2.75, 3.05) is 18.4 Å². The number of carbonyl (C=O) groups excluding carboxylic acids is 1. The van der Waals surface area contributed by atoms with E-state index in [1.165, 1.54) is 0 Å². The Morgan fingerprint density at radius 3 is 2.14 bits per heavy atom. The van der Waals surface area contributed by atoms with Gasteiger partial charge in [0.2, 0.25) is 5.91 Å². The first-order chi connectivity index (χ1) is 9.60. The fourth-order valence-electron chi connectivity index (χ4n) is 1.32. The molecule has 1 aromatic carbocycles. The highest BCUT2D eigenvalue weighted by molar-refractivity contribution is 6.40. The Morgan fingerprint density at radius 1 is 1.19 bits per heavy atom. The summed E-state index contributed by atoms with van der Waals surface area (Å²) in [7, 11) is 0. The van der Waals surface area contributed by atoms with E-state index in [-0.39, 0.29) is 21.3 Å². The maximum absolute atomic E-state index is 11.9. The van der Waals surface area contributed by atoms with Gasteiger partial charge in [-0.25, -0.2) is 4.79 Å². The topological polar surface area (TPSA) is 78.4 Å². The molecule has 0 heterocycles. The van der Waals surface area contributed by atoms with E-state index >= 15 is 0 Å². The summed E-state index contributed by atoms with van der Waals surface area (Å²) in [6, 6.07) is 2.13. The predicted octanol–water partition coefficient (Wildman–Crippen LogP) is 2.78. The third kappa shape index (κ3) is 5.78. The molecule has 3 N–H and O–H groups in total. The monoisotopic (exact) mass is 344 g/mol. The molecule has 1 amide bonds. The number of carbonyl (C=O) groups is 2. The summed E-state index contributed by atoms with van der Waals surface area (Å²) in [6.45, 7) is -1.92. The predicted molar refractivity (Wildman–Crippen MR) is 71.0 cm³/mol. The van der Waals surface area contributed by atoms with Crippen molar-refractivity contribution in [3.8, 4) is 0 Å². The average Bonchev–Trinajstić information content (AvgIpc) is 2.31. The van der Waals surface area contributed by atoms with Crippen molar-refractivity contribution in [2.24, 2.45) is 0 Å². The van der Waals surface area contributed by atoms with Gasteiger partial charge in [-0.05, 0) is 12.1 Å². The quantitative estimate of drug-likeness (QED) is 0.767. The van der Waals surface area contributed by atoms with Crippen LogP contribution in [-0.2, 0) is 4.79 Å². The second-order valence-corrected chi connectivity index (χ2v) is 4.70. The van der Waals surface area contributed by atoms with Crippen LogP contribution in [0.5, 0.6) is 0 Å². The van der Waals surface area contributed by atoms with Gasteiger partial charge in [0.1, 0.15) is 0 Å². The number of nitrogens with one attached hydrogen (secondary N) is 2. The van der Waals surface area contributed by atoms with Gasteiger partial charge in [0.15, 0.2) is 0 Å². The van der Waals surface area contributed by atoms with Crippen molar-refractivity contribution >= 4 is 40.8 Å². The van der Waals surface area contributed by atoms with E-state index in [1.807, 2.05) is 5.32 Å². The Morgan fingerprint density at radius 2 is 1.71 bits per heavy atom. The second kappa shape index (κ2) is 6.97. The molecule has 0 spiro atoms. The highest BCUT2D eigenvalue weighted by Gasteiger charge is 2.26. The Bertz CT molecular complexity index is 541. The lowest BCUT2D eigenvalue weighted by atomic mass is 10.2. The molecule has 0 aliphatic rings. The van der Waals surface area contributed by atoms with E-state index in [9.17, 15) is 22.8 Å². The molecular formula is C11H9Cl2F3N2O3. The minimum Gasteiger partial charge on any atom is -0.478 e. The number of alkyl halides is 3. The van der Waals surface area contributed by atoms with E-state index in [4.69, 9.17) is 28.3 Å². The molecule has 1 aromatic rings. The van der Waals surface area contributed by atoms with E-state index in [2.05, 4.69) is 5.32 Å². The van der Waals surface area contributed by atoms with Crippen molar-refractivity contribution in [2.45, 2.75) is 6.18 Å². The first kappa shape index (κ1) is 17.5. The number of carboxylic acids is 1. The summed E-state index contributed by atoms with van der Waals surface area (Å²) in [5.41, 5.74) is -0.250. The highest BCUT2D eigenvalue weighted by atomic mass is 35.5. The third-order valence-corrected chi connectivity index (χ3v) is 2.76. The Balaban J connectivity index is 2.71. The fraction of sp³-hybridized carbons (Fsp3) is 0.273. The first-order valence-corrected chi connectivity index (χ1v) is 6.15. The molecule has 5 nitrogen and oxygen atoms in total. The smallest absolute Gasteiger partial charge is 0.401 e. The lowest BCUT2D eigenvalue weighted by molar-refractivity contribution is -0.126. The molecule has 0 atom stereocenters. The summed E-state index contributed by atoms with van der Waals surface area (Å²) >= 11 is 11.5. The molecule has 0 saturated carbocycles. The van der Waals surface area contributed by atoms with Gasteiger partial charge < -0.3 is 15.7 Å². The van der Waals surface area contributed by atoms with Gasteiger partial charge >= 0.3 is 12.1 Å². The molecule has 0 aliphatic carbocycles. The van der Waals surface area contributed by atoms with Gasteiger partial charge in [0, 0.05) is 0 Å². The van der Waals surface area contributed by atoms with E-state index in [1.54, 1.807) is 0 Å². The number of hydrogen-bond donors (Lipinski definition) is 3. The van der Waals surface area contributed by atoms with Crippen molar-refractivity contribution in [1.82, 2.24) is 5.32 Å². The molecule has 116 valence electrons. The highest BCUT2D eigenvalue weighted by Crippen LogP contribution is 2.31. The van der Waals surface area contributed by atoms with Crippen molar-refractivity contribution in [1.29, 1.82) is 0 Å². The molecule has 21 heavy (non-hydrogen) atoms. The normalized spacial score (nSPS) is 11.3. The Hall–Kier alpha value is -1.51. The van der Waals surface area contributed by atoms with Crippen LogP contribution in [0.4, 0.5) is 18.9 Å². The van der Waals surface area contributed by atoms with Gasteiger partial charge in [-0.2, -0.15) is 13.2 Å². The van der Waals surface area contributed by atoms with Crippen LogP contribution in [0.15, 0.2) is 12.1 Å². The molecular weight excluding hydrogens is 336 g/mol. The van der Waals surface area contributed by atoms with Gasteiger partial charge in [-0.1, -0.05) is 23.2 Å². The molecule has 0 radical (unpaired) electrons. The molecule has 10 heteroatoms. The standard InChI is InChI=1S/C11H9Cl2F3N2O3/c12-6-1-5(10(20)21)2-7(13)9(6)18-8(19)3-17-4-11(14,15)16/h1-2,17H,3-4H2,(H,18,19)(H,20,21). The fourth-order valence-corrected chi connectivity index (χ4v) is 1.90. The average molecular weight is 345 g/mol. The number of hydrogen-bond acceptors (Lipinski definition) is 3. The SMILES string of the molecule is O=C(CNCC(F)(F)F)Nc1c(Cl)cc(C(=O)O)cc1Cl. The Kier molecular flexibility index (Phi) is 5.82. The maximum Gasteiger partial charge on any atom is 0.401 e. The summed E-state index contributed by atoms with van der Waals surface area (Å²) in [6.07, 6.45) is -4.43. The van der Waals surface area contributed by atoms with Crippen LogP contribution in [0, 0.1) is 0 Å². The molecule has 0 aliphatic heterocycles. The van der Waals surface area contributed by atoms with E-state index in [0.717, 1.165) is 12.1 Å². The summed E-state index contributed by atoms with van der Waals surface area (Å²) in [5, 5.41) is 12.6. The van der Waals surface area contributed by atoms with Gasteiger partial charge in [0.05, 0.1) is 34.4 Å². The van der Waals surface area contributed by atoms with Gasteiger partial charge in [-0.3, -0.25) is 4.79 Å². The number of rotatable bonds is 5. The van der Waals surface area contributed by atoms with Crippen LogP contribution in [-0.4, -0.2) is 36.2 Å². The van der Waals surface area contributed by atoms with Crippen molar-refractivity contribution in [3.63, 3.8) is 0 Å². The molecule has 0 aromatic heterocycles. The molecule has 0 fully saturated rings. The third-order valence-electron chi connectivity index (χ3n) is 2.16. The van der Waals surface area contributed by atoms with E-state index in [0.29, 0.717) is 0 Å². The summed E-state index contributed by atoms with van der Waals surface area (Å²) < 4.78 is 35.7. The number of anilines is 1. The number of amides is 1. The number of benzene rings is 1.